The van der Waals surface area contributed by atoms with E-state index in [9.17, 15) is 4.79 Å². The Bertz CT molecular complexity index is 688. The summed E-state index contributed by atoms with van der Waals surface area (Å²) in [7, 11) is 0. The molecule has 1 amide bonds. The van der Waals surface area contributed by atoms with Crippen molar-refractivity contribution in [3.8, 4) is 11.5 Å². The van der Waals surface area contributed by atoms with E-state index < -0.39 is 5.91 Å². The molecule has 0 fully saturated rings. The standard InChI is InChI=1S/C15H12Cl2N2O3/c16-11-3-6-14(13(17)7-11)22-9-15(21)19-18-8-10-1-4-12(20)5-2-10/h1-8,20H,9H2,(H,19,21)/b18-8+. The Balaban J connectivity index is 1.81. The molecule has 0 radical (unpaired) electrons. The van der Waals surface area contributed by atoms with Crippen molar-refractivity contribution in [1.29, 1.82) is 0 Å². The molecule has 2 aromatic rings. The second-order valence-electron chi connectivity index (χ2n) is 4.25. The lowest BCUT2D eigenvalue weighted by atomic mass is 10.2. The number of hydrogen-bond acceptors (Lipinski definition) is 4. The molecule has 114 valence electrons. The van der Waals surface area contributed by atoms with Crippen molar-refractivity contribution in [2.45, 2.75) is 0 Å². The van der Waals surface area contributed by atoms with Crippen LogP contribution in [0.1, 0.15) is 5.56 Å². The average Bonchev–Trinajstić information content (AvgIpc) is 2.48. The molecular weight excluding hydrogens is 327 g/mol. The molecule has 7 heteroatoms. The van der Waals surface area contributed by atoms with Gasteiger partial charge in [-0.3, -0.25) is 4.79 Å². The summed E-state index contributed by atoms with van der Waals surface area (Å²) in [5.74, 6) is 0.0965. The summed E-state index contributed by atoms with van der Waals surface area (Å²) in [5, 5.41) is 13.7. The van der Waals surface area contributed by atoms with E-state index in [4.69, 9.17) is 33.0 Å². The number of halogens is 2. The maximum absolute atomic E-state index is 11.6. The number of nitrogens with zero attached hydrogens (tertiary/aromatic N) is 1. The van der Waals surface area contributed by atoms with Crippen molar-refractivity contribution in [2.75, 3.05) is 6.61 Å². The predicted molar refractivity (Wildman–Crippen MR) is 85.8 cm³/mol. The van der Waals surface area contributed by atoms with E-state index in [1.54, 1.807) is 24.3 Å². The van der Waals surface area contributed by atoms with Crippen LogP contribution < -0.4 is 10.2 Å². The first-order chi connectivity index (χ1) is 10.5. The molecule has 0 aliphatic rings. The van der Waals surface area contributed by atoms with Crippen molar-refractivity contribution < 1.29 is 14.6 Å². The third-order valence-electron chi connectivity index (χ3n) is 2.55. The van der Waals surface area contributed by atoms with Crippen LogP contribution in [0.15, 0.2) is 47.6 Å². The molecular formula is C15H12Cl2N2O3. The number of phenols is 1. The Morgan fingerprint density at radius 3 is 2.64 bits per heavy atom. The fraction of sp³-hybridized carbons (Fsp3) is 0.0667. The highest BCUT2D eigenvalue weighted by atomic mass is 35.5. The molecule has 0 spiro atoms. The first kappa shape index (κ1) is 16.1. The zero-order valence-corrected chi connectivity index (χ0v) is 12.8. The van der Waals surface area contributed by atoms with Gasteiger partial charge < -0.3 is 9.84 Å². The van der Waals surface area contributed by atoms with Crippen molar-refractivity contribution >= 4 is 35.3 Å². The van der Waals surface area contributed by atoms with Crippen LogP contribution in [0.5, 0.6) is 11.5 Å². The van der Waals surface area contributed by atoms with Crippen molar-refractivity contribution in [3.05, 3.63) is 58.1 Å². The molecule has 0 unspecified atom stereocenters. The summed E-state index contributed by atoms with van der Waals surface area (Å²) < 4.78 is 5.26. The van der Waals surface area contributed by atoms with Gasteiger partial charge in [0.05, 0.1) is 11.2 Å². The fourth-order valence-electron chi connectivity index (χ4n) is 1.51. The van der Waals surface area contributed by atoms with E-state index in [-0.39, 0.29) is 12.4 Å². The molecule has 0 aliphatic carbocycles. The fourth-order valence-corrected chi connectivity index (χ4v) is 1.97. The number of benzene rings is 2. The van der Waals surface area contributed by atoms with Gasteiger partial charge in [-0.25, -0.2) is 5.43 Å². The number of hydrogen-bond donors (Lipinski definition) is 2. The number of carbonyl (C=O) groups is 1. The molecule has 0 atom stereocenters. The molecule has 2 N–H and O–H groups in total. The van der Waals surface area contributed by atoms with Gasteiger partial charge in [0, 0.05) is 5.02 Å². The highest BCUT2D eigenvalue weighted by molar-refractivity contribution is 6.35. The number of amides is 1. The molecule has 0 saturated carbocycles. The lowest BCUT2D eigenvalue weighted by Crippen LogP contribution is -2.24. The van der Waals surface area contributed by atoms with Gasteiger partial charge in [0.25, 0.3) is 5.91 Å². The minimum Gasteiger partial charge on any atom is -0.508 e. The van der Waals surface area contributed by atoms with E-state index >= 15 is 0 Å². The average molecular weight is 339 g/mol. The monoisotopic (exact) mass is 338 g/mol. The first-order valence-corrected chi connectivity index (χ1v) is 6.99. The SMILES string of the molecule is O=C(COc1ccc(Cl)cc1Cl)N/N=C/c1ccc(O)cc1. The maximum atomic E-state index is 11.6. The zero-order chi connectivity index (χ0) is 15.9. The molecule has 0 saturated heterocycles. The molecule has 0 bridgehead atoms. The highest BCUT2D eigenvalue weighted by Gasteiger charge is 2.05. The minimum absolute atomic E-state index is 0.162. The van der Waals surface area contributed by atoms with Crippen LogP contribution in [-0.4, -0.2) is 23.8 Å². The van der Waals surface area contributed by atoms with Gasteiger partial charge in [0.1, 0.15) is 11.5 Å². The summed E-state index contributed by atoms with van der Waals surface area (Å²) in [5.41, 5.74) is 3.06. The van der Waals surface area contributed by atoms with Gasteiger partial charge in [0.2, 0.25) is 0 Å². The zero-order valence-electron chi connectivity index (χ0n) is 11.3. The smallest absolute Gasteiger partial charge is 0.277 e. The highest BCUT2D eigenvalue weighted by Crippen LogP contribution is 2.27. The normalized spacial score (nSPS) is 10.6. The van der Waals surface area contributed by atoms with E-state index in [2.05, 4.69) is 10.5 Å². The third-order valence-corrected chi connectivity index (χ3v) is 3.08. The van der Waals surface area contributed by atoms with E-state index in [0.717, 1.165) is 5.56 Å². The molecule has 2 aromatic carbocycles. The van der Waals surface area contributed by atoms with Crippen LogP contribution in [0.25, 0.3) is 0 Å². The predicted octanol–water partition coefficient (Wildman–Crippen LogP) is 3.23. The first-order valence-electron chi connectivity index (χ1n) is 6.23. The summed E-state index contributed by atoms with van der Waals surface area (Å²) in [4.78, 5) is 11.6. The van der Waals surface area contributed by atoms with Crippen LogP contribution in [0.4, 0.5) is 0 Å². The number of phenolic OH excluding ortho intramolecular Hbond substituents is 1. The summed E-state index contributed by atoms with van der Waals surface area (Å²) in [6.07, 6.45) is 1.45. The van der Waals surface area contributed by atoms with Crippen LogP contribution in [-0.2, 0) is 4.79 Å². The summed E-state index contributed by atoms with van der Waals surface area (Å²) in [6, 6.07) is 11.1. The van der Waals surface area contributed by atoms with E-state index in [0.29, 0.717) is 15.8 Å². The van der Waals surface area contributed by atoms with Crippen LogP contribution in [0.2, 0.25) is 10.0 Å². The number of rotatable bonds is 5. The van der Waals surface area contributed by atoms with Gasteiger partial charge in [-0.15, -0.1) is 0 Å². The van der Waals surface area contributed by atoms with E-state index in [1.165, 1.54) is 24.4 Å². The number of ether oxygens (including phenoxy) is 1. The lowest BCUT2D eigenvalue weighted by Gasteiger charge is -2.06. The number of aromatic hydroxyl groups is 1. The van der Waals surface area contributed by atoms with Crippen LogP contribution in [0, 0.1) is 0 Å². The Morgan fingerprint density at radius 2 is 1.95 bits per heavy atom. The summed E-state index contributed by atoms with van der Waals surface area (Å²) in [6.45, 7) is -0.228. The van der Waals surface area contributed by atoms with Gasteiger partial charge in [-0.1, -0.05) is 23.2 Å². The Hall–Kier alpha value is -2.24. The lowest BCUT2D eigenvalue weighted by molar-refractivity contribution is -0.123. The number of nitrogens with one attached hydrogen (secondary N) is 1. The van der Waals surface area contributed by atoms with Crippen LogP contribution in [0.3, 0.4) is 0 Å². The second-order valence-corrected chi connectivity index (χ2v) is 5.09. The van der Waals surface area contributed by atoms with Gasteiger partial charge in [-0.05, 0) is 48.0 Å². The number of carbonyl (C=O) groups excluding carboxylic acids is 1. The topological polar surface area (TPSA) is 70.9 Å². The van der Waals surface area contributed by atoms with Crippen molar-refractivity contribution in [1.82, 2.24) is 5.43 Å². The Kier molecular flexibility index (Phi) is 5.63. The molecule has 22 heavy (non-hydrogen) atoms. The van der Waals surface area contributed by atoms with Crippen molar-refractivity contribution in [3.63, 3.8) is 0 Å². The Morgan fingerprint density at radius 1 is 1.23 bits per heavy atom. The van der Waals surface area contributed by atoms with Crippen LogP contribution >= 0.6 is 23.2 Å². The minimum atomic E-state index is -0.430. The summed E-state index contributed by atoms with van der Waals surface area (Å²) >= 11 is 11.7. The largest absolute Gasteiger partial charge is 0.508 e. The third kappa shape index (κ3) is 4.95. The molecule has 2 rings (SSSR count). The molecule has 0 aliphatic heterocycles. The quantitative estimate of drug-likeness (QED) is 0.649. The molecule has 0 heterocycles. The molecule has 5 nitrogen and oxygen atoms in total. The Labute approximate surface area is 137 Å². The van der Waals surface area contributed by atoms with Crippen molar-refractivity contribution in [2.24, 2.45) is 5.10 Å². The van der Waals surface area contributed by atoms with E-state index in [1.807, 2.05) is 0 Å². The number of hydrazone groups is 1. The second kappa shape index (κ2) is 7.68. The maximum Gasteiger partial charge on any atom is 0.277 e. The van der Waals surface area contributed by atoms with Gasteiger partial charge in [0.15, 0.2) is 6.61 Å². The van der Waals surface area contributed by atoms with Gasteiger partial charge in [-0.2, -0.15) is 5.10 Å². The van der Waals surface area contributed by atoms with Gasteiger partial charge >= 0.3 is 0 Å². The molecule has 0 aromatic heterocycles.